The van der Waals surface area contributed by atoms with Crippen LogP contribution in [0.25, 0.3) is 0 Å². The van der Waals surface area contributed by atoms with E-state index in [9.17, 15) is 0 Å². The molecular weight excluding hydrogens is 226 g/mol. The van der Waals surface area contributed by atoms with Gasteiger partial charge < -0.3 is 9.64 Å². The summed E-state index contributed by atoms with van der Waals surface area (Å²) < 4.78 is 5.10. The normalized spacial score (nSPS) is 18.7. The summed E-state index contributed by atoms with van der Waals surface area (Å²) in [5.41, 5.74) is 0. The van der Waals surface area contributed by atoms with Gasteiger partial charge in [0.15, 0.2) is 0 Å². The van der Waals surface area contributed by atoms with Crippen molar-refractivity contribution in [2.45, 2.75) is 0 Å². The molecule has 0 aromatic carbocycles. The summed E-state index contributed by atoms with van der Waals surface area (Å²) in [5, 5.41) is 0. The molecule has 0 spiro atoms. The summed E-state index contributed by atoms with van der Waals surface area (Å²) in [7, 11) is 12.0. The van der Waals surface area contributed by atoms with Gasteiger partial charge in [0.25, 0.3) is 0 Å². The molecule has 0 radical (unpaired) electrons. The number of hydrogen-bond acceptors (Lipinski definition) is 2. The zero-order chi connectivity index (χ0) is 7.82. The second-order valence-electron chi connectivity index (χ2n) is 2.02. The fourth-order valence-corrected chi connectivity index (χ4v) is 0.655. The SMILES string of the molecule is CN1CCOCC1.[Cl][Zn][Cl]. The average Bonchev–Trinajstić information content (AvgIpc) is 1.91. The van der Waals surface area contributed by atoms with E-state index in [-0.39, 0.29) is 0 Å². The summed E-state index contributed by atoms with van der Waals surface area (Å²) in [6.07, 6.45) is 0. The van der Waals surface area contributed by atoms with Crippen molar-refractivity contribution in [2.75, 3.05) is 33.4 Å². The van der Waals surface area contributed by atoms with Crippen LogP contribution in [-0.2, 0) is 19.9 Å². The quantitative estimate of drug-likeness (QED) is 0.589. The van der Waals surface area contributed by atoms with E-state index in [0.29, 0.717) is 0 Å². The Morgan fingerprint density at radius 1 is 1.30 bits per heavy atom. The van der Waals surface area contributed by atoms with Crippen LogP contribution < -0.4 is 0 Å². The van der Waals surface area contributed by atoms with Crippen LogP contribution in [0.4, 0.5) is 0 Å². The molecule has 0 atom stereocenters. The summed E-state index contributed by atoms with van der Waals surface area (Å²) in [5.74, 6) is 0. The first-order chi connectivity index (χ1) is 4.81. The van der Waals surface area contributed by atoms with E-state index in [4.69, 9.17) is 24.1 Å². The van der Waals surface area contributed by atoms with Gasteiger partial charge in [0.2, 0.25) is 0 Å². The number of morpholine rings is 1. The van der Waals surface area contributed by atoms with Gasteiger partial charge in [-0.25, -0.2) is 0 Å². The third-order valence-corrected chi connectivity index (χ3v) is 1.23. The Bertz CT molecular complexity index is 70.7. The maximum atomic E-state index is 5.10. The zero-order valence-corrected chi connectivity index (χ0v) is 10.6. The van der Waals surface area contributed by atoms with Gasteiger partial charge in [0, 0.05) is 13.1 Å². The van der Waals surface area contributed by atoms with E-state index in [1.54, 1.807) is 0 Å². The van der Waals surface area contributed by atoms with Crippen LogP contribution in [0, 0.1) is 0 Å². The van der Waals surface area contributed by atoms with Crippen molar-refractivity contribution in [3.63, 3.8) is 0 Å². The van der Waals surface area contributed by atoms with E-state index in [0.717, 1.165) is 26.3 Å². The van der Waals surface area contributed by atoms with Gasteiger partial charge in [0.05, 0.1) is 13.2 Å². The number of rotatable bonds is 0. The molecule has 58 valence electrons. The Labute approximate surface area is 77.5 Å². The molecule has 0 aromatic heterocycles. The van der Waals surface area contributed by atoms with Crippen molar-refractivity contribution in [1.29, 1.82) is 0 Å². The number of hydrogen-bond donors (Lipinski definition) is 0. The first kappa shape index (κ1) is 11.1. The molecule has 1 aliphatic heterocycles. The van der Waals surface area contributed by atoms with Crippen LogP contribution in [-0.4, -0.2) is 38.3 Å². The summed E-state index contributed by atoms with van der Waals surface area (Å²) in [6, 6.07) is 0. The molecule has 10 heavy (non-hydrogen) atoms. The van der Waals surface area contributed by atoms with Crippen LogP contribution in [0.3, 0.4) is 0 Å². The van der Waals surface area contributed by atoms with Crippen LogP contribution in [0.15, 0.2) is 0 Å². The molecule has 0 amide bonds. The Hall–Kier alpha value is 1.12. The Balaban J connectivity index is 0.000000236. The van der Waals surface area contributed by atoms with Gasteiger partial charge in [-0.15, -0.1) is 0 Å². The van der Waals surface area contributed by atoms with Crippen molar-refractivity contribution in [2.24, 2.45) is 0 Å². The van der Waals surface area contributed by atoms with Crippen molar-refractivity contribution in [3.8, 4) is 0 Å². The first-order valence-electron chi connectivity index (χ1n) is 3.19. The molecule has 0 aliphatic carbocycles. The number of halogens is 2. The van der Waals surface area contributed by atoms with Crippen molar-refractivity contribution in [1.82, 2.24) is 4.90 Å². The fraction of sp³-hybridized carbons (Fsp3) is 1.00. The van der Waals surface area contributed by atoms with Gasteiger partial charge in [-0.3, -0.25) is 0 Å². The van der Waals surface area contributed by atoms with E-state index in [2.05, 4.69) is 11.9 Å². The van der Waals surface area contributed by atoms with E-state index < -0.39 is 15.1 Å². The van der Waals surface area contributed by atoms with E-state index in [1.807, 2.05) is 0 Å². The standard InChI is InChI=1S/C5H11NO.2ClH.Zn/c1-6-2-4-7-5-3-6;;;/h2-5H2,1H3;2*1H;/q;;;+2/p-2. The molecule has 1 aliphatic rings. The topological polar surface area (TPSA) is 12.5 Å². The van der Waals surface area contributed by atoms with Crippen LogP contribution in [0.2, 0.25) is 0 Å². The molecule has 1 rings (SSSR count). The predicted molar refractivity (Wildman–Crippen MR) is 40.0 cm³/mol. The first-order valence-corrected chi connectivity index (χ1v) is 11.0. The van der Waals surface area contributed by atoms with Crippen LogP contribution in [0.1, 0.15) is 0 Å². The second kappa shape index (κ2) is 8.22. The maximum absolute atomic E-state index is 5.10. The summed E-state index contributed by atoms with van der Waals surface area (Å²) >= 11 is -0.931. The Morgan fingerprint density at radius 2 is 1.70 bits per heavy atom. The Morgan fingerprint density at radius 3 is 1.90 bits per heavy atom. The molecule has 1 fully saturated rings. The molecule has 2 nitrogen and oxygen atoms in total. The molecule has 0 unspecified atom stereocenters. The molecule has 1 heterocycles. The van der Waals surface area contributed by atoms with Gasteiger partial charge in [0.1, 0.15) is 0 Å². The minimum absolute atomic E-state index is 0.913. The summed E-state index contributed by atoms with van der Waals surface area (Å²) in [6.45, 7) is 4.02. The minimum atomic E-state index is -0.931. The molecule has 1 saturated heterocycles. The predicted octanol–water partition coefficient (Wildman–Crippen LogP) is 1.32. The third-order valence-electron chi connectivity index (χ3n) is 1.23. The van der Waals surface area contributed by atoms with Crippen LogP contribution in [0.5, 0.6) is 0 Å². The van der Waals surface area contributed by atoms with E-state index in [1.165, 1.54) is 0 Å². The second-order valence-corrected chi connectivity index (χ2v) is 6.64. The Kier molecular flexibility index (Phi) is 9.15. The van der Waals surface area contributed by atoms with E-state index >= 15 is 0 Å². The van der Waals surface area contributed by atoms with Gasteiger partial charge in [-0.05, 0) is 7.05 Å². The van der Waals surface area contributed by atoms with Crippen molar-refractivity contribution < 1.29 is 19.9 Å². The van der Waals surface area contributed by atoms with Crippen molar-refractivity contribution in [3.05, 3.63) is 0 Å². The van der Waals surface area contributed by atoms with Gasteiger partial charge >= 0.3 is 34.5 Å². The molecule has 0 aromatic rings. The molecule has 5 heteroatoms. The molecular formula is C5H11Cl2NOZn. The monoisotopic (exact) mass is 235 g/mol. The van der Waals surface area contributed by atoms with Crippen LogP contribution >= 0.6 is 19.4 Å². The van der Waals surface area contributed by atoms with Crippen molar-refractivity contribution >= 4 is 19.4 Å². The number of nitrogens with zero attached hydrogens (tertiary/aromatic N) is 1. The van der Waals surface area contributed by atoms with Gasteiger partial charge in [-0.2, -0.15) is 0 Å². The molecule has 0 saturated carbocycles. The fourth-order valence-electron chi connectivity index (χ4n) is 0.655. The molecule has 0 N–H and O–H groups in total. The third kappa shape index (κ3) is 7.23. The number of ether oxygens (including phenoxy) is 1. The zero-order valence-electron chi connectivity index (χ0n) is 6.15. The molecule has 0 bridgehead atoms. The number of likely N-dealkylation sites (N-methyl/N-ethyl adjacent to an activating group) is 1. The summed E-state index contributed by atoms with van der Waals surface area (Å²) in [4.78, 5) is 2.27. The average molecular weight is 237 g/mol. The van der Waals surface area contributed by atoms with Gasteiger partial charge in [-0.1, -0.05) is 0 Å².